The SMILES string of the molecule is O=C(Nc1ccc(Nc2ccc(F)cc2F)nc1)c1cccc(Cl)c1. The molecular weight excluding hydrogens is 348 g/mol. The number of aromatic nitrogens is 1. The third-order valence-electron chi connectivity index (χ3n) is 3.30. The van der Waals surface area contributed by atoms with Crippen LogP contribution in [0.1, 0.15) is 10.4 Å². The molecule has 0 radical (unpaired) electrons. The van der Waals surface area contributed by atoms with Gasteiger partial charge in [-0.25, -0.2) is 13.8 Å². The quantitative estimate of drug-likeness (QED) is 0.688. The molecule has 0 aliphatic carbocycles. The van der Waals surface area contributed by atoms with Crippen molar-refractivity contribution < 1.29 is 13.6 Å². The van der Waals surface area contributed by atoms with Crippen molar-refractivity contribution in [3.8, 4) is 0 Å². The van der Waals surface area contributed by atoms with E-state index in [-0.39, 0.29) is 11.6 Å². The van der Waals surface area contributed by atoms with Gasteiger partial charge in [-0.15, -0.1) is 0 Å². The Morgan fingerprint density at radius 1 is 1.04 bits per heavy atom. The monoisotopic (exact) mass is 359 g/mol. The van der Waals surface area contributed by atoms with E-state index in [0.29, 0.717) is 22.1 Å². The average Bonchev–Trinajstić information content (AvgIpc) is 2.59. The highest BCUT2D eigenvalue weighted by molar-refractivity contribution is 6.31. The molecular formula is C18H12ClF2N3O. The molecule has 0 bridgehead atoms. The molecule has 3 aromatic rings. The molecule has 2 aromatic carbocycles. The van der Waals surface area contributed by atoms with Gasteiger partial charge in [-0.1, -0.05) is 17.7 Å². The van der Waals surface area contributed by atoms with Crippen molar-refractivity contribution in [1.29, 1.82) is 0 Å². The largest absolute Gasteiger partial charge is 0.338 e. The van der Waals surface area contributed by atoms with Gasteiger partial charge < -0.3 is 10.6 Å². The number of carbonyl (C=O) groups excluding carboxylic acids is 1. The molecule has 0 aliphatic heterocycles. The van der Waals surface area contributed by atoms with E-state index in [1.54, 1.807) is 36.4 Å². The molecule has 0 saturated heterocycles. The number of rotatable bonds is 4. The first-order valence-corrected chi connectivity index (χ1v) is 7.64. The summed E-state index contributed by atoms with van der Waals surface area (Å²) in [6, 6.07) is 12.9. The summed E-state index contributed by atoms with van der Waals surface area (Å²) in [7, 11) is 0. The fourth-order valence-corrected chi connectivity index (χ4v) is 2.29. The number of pyridine rings is 1. The molecule has 2 N–H and O–H groups in total. The first-order chi connectivity index (χ1) is 12.0. The molecule has 1 amide bonds. The Kier molecular flexibility index (Phi) is 4.90. The fourth-order valence-electron chi connectivity index (χ4n) is 2.10. The van der Waals surface area contributed by atoms with Gasteiger partial charge in [-0.05, 0) is 42.5 Å². The fraction of sp³-hybridized carbons (Fsp3) is 0. The topological polar surface area (TPSA) is 54.0 Å². The summed E-state index contributed by atoms with van der Waals surface area (Å²) in [6.07, 6.45) is 1.42. The van der Waals surface area contributed by atoms with Gasteiger partial charge in [0.05, 0.1) is 17.6 Å². The van der Waals surface area contributed by atoms with Gasteiger partial charge in [0.15, 0.2) is 0 Å². The molecule has 0 spiro atoms. The molecule has 0 unspecified atom stereocenters. The molecule has 1 aromatic heterocycles. The maximum absolute atomic E-state index is 13.6. The number of anilines is 3. The maximum atomic E-state index is 13.6. The van der Waals surface area contributed by atoms with Crippen LogP contribution >= 0.6 is 11.6 Å². The van der Waals surface area contributed by atoms with Crippen molar-refractivity contribution in [3.63, 3.8) is 0 Å². The van der Waals surface area contributed by atoms with E-state index in [4.69, 9.17) is 11.6 Å². The van der Waals surface area contributed by atoms with E-state index in [2.05, 4.69) is 15.6 Å². The first kappa shape index (κ1) is 16.9. The molecule has 0 atom stereocenters. The zero-order chi connectivity index (χ0) is 17.8. The molecule has 1 heterocycles. The summed E-state index contributed by atoms with van der Waals surface area (Å²) < 4.78 is 26.5. The van der Waals surface area contributed by atoms with Crippen molar-refractivity contribution in [1.82, 2.24) is 4.98 Å². The molecule has 25 heavy (non-hydrogen) atoms. The predicted octanol–water partition coefficient (Wildman–Crippen LogP) is 5.01. The number of hydrogen-bond donors (Lipinski definition) is 2. The van der Waals surface area contributed by atoms with Crippen molar-refractivity contribution in [2.45, 2.75) is 0 Å². The van der Waals surface area contributed by atoms with Crippen LogP contribution in [-0.2, 0) is 0 Å². The summed E-state index contributed by atoms with van der Waals surface area (Å²) >= 11 is 5.86. The number of hydrogen-bond acceptors (Lipinski definition) is 3. The molecule has 126 valence electrons. The number of nitrogens with zero attached hydrogens (tertiary/aromatic N) is 1. The van der Waals surface area contributed by atoms with Crippen molar-refractivity contribution in [2.24, 2.45) is 0 Å². The number of benzene rings is 2. The molecule has 0 saturated carbocycles. The highest BCUT2D eigenvalue weighted by Gasteiger charge is 2.08. The third-order valence-corrected chi connectivity index (χ3v) is 3.54. The van der Waals surface area contributed by atoms with Crippen molar-refractivity contribution >= 4 is 34.7 Å². The Bertz CT molecular complexity index is 916. The minimum absolute atomic E-state index is 0.101. The lowest BCUT2D eigenvalue weighted by Crippen LogP contribution is -2.12. The Hall–Kier alpha value is -2.99. The molecule has 4 nitrogen and oxygen atoms in total. The minimum atomic E-state index is -0.722. The molecule has 7 heteroatoms. The van der Waals surface area contributed by atoms with Crippen LogP contribution in [0.15, 0.2) is 60.8 Å². The standard InChI is InChI=1S/C18H12ClF2N3O/c19-12-3-1-2-11(8-12)18(25)23-14-5-7-17(22-10-14)24-16-6-4-13(20)9-15(16)21/h1-10H,(H,22,24)(H,23,25). The smallest absolute Gasteiger partial charge is 0.255 e. The Balaban J connectivity index is 1.69. The van der Waals surface area contributed by atoms with Gasteiger partial charge in [-0.2, -0.15) is 0 Å². The first-order valence-electron chi connectivity index (χ1n) is 7.26. The minimum Gasteiger partial charge on any atom is -0.338 e. The van der Waals surface area contributed by atoms with Crippen molar-refractivity contribution in [2.75, 3.05) is 10.6 Å². The van der Waals surface area contributed by atoms with Crippen LogP contribution in [0.5, 0.6) is 0 Å². The van der Waals surface area contributed by atoms with Crippen LogP contribution in [-0.4, -0.2) is 10.9 Å². The summed E-state index contributed by atoms with van der Waals surface area (Å²) in [5.41, 5.74) is 0.989. The number of carbonyl (C=O) groups is 1. The van der Waals surface area contributed by atoms with Crippen molar-refractivity contribution in [3.05, 3.63) is 83.0 Å². The average molecular weight is 360 g/mol. The summed E-state index contributed by atoms with van der Waals surface area (Å²) in [6.45, 7) is 0. The van der Waals surface area contributed by atoms with Crippen LogP contribution in [0.25, 0.3) is 0 Å². The van der Waals surface area contributed by atoms with E-state index < -0.39 is 11.6 Å². The van der Waals surface area contributed by atoms with Gasteiger partial charge in [0, 0.05) is 16.7 Å². The number of amides is 1. The number of halogens is 3. The van der Waals surface area contributed by atoms with Crippen LogP contribution in [0.2, 0.25) is 5.02 Å². The second-order valence-electron chi connectivity index (χ2n) is 5.15. The van der Waals surface area contributed by atoms with Gasteiger partial charge in [0.1, 0.15) is 17.5 Å². The van der Waals surface area contributed by atoms with Gasteiger partial charge in [-0.3, -0.25) is 4.79 Å². The lowest BCUT2D eigenvalue weighted by Gasteiger charge is -2.09. The normalized spacial score (nSPS) is 10.4. The zero-order valence-corrected chi connectivity index (χ0v) is 13.5. The molecule has 0 aliphatic rings. The lowest BCUT2D eigenvalue weighted by molar-refractivity contribution is 0.102. The van der Waals surface area contributed by atoms with E-state index in [0.717, 1.165) is 12.1 Å². The van der Waals surface area contributed by atoms with E-state index >= 15 is 0 Å². The van der Waals surface area contributed by atoms with Crippen LogP contribution in [0.4, 0.5) is 26.0 Å². The summed E-state index contributed by atoms with van der Waals surface area (Å²) in [5, 5.41) is 5.88. The summed E-state index contributed by atoms with van der Waals surface area (Å²) in [5.74, 6) is -1.35. The number of nitrogens with one attached hydrogen (secondary N) is 2. The van der Waals surface area contributed by atoms with Crippen LogP contribution in [0, 0.1) is 11.6 Å². The Morgan fingerprint density at radius 3 is 2.56 bits per heavy atom. The zero-order valence-electron chi connectivity index (χ0n) is 12.8. The predicted molar refractivity (Wildman–Crippen MR) is 93.3 cm³/mol. The van der Waals surface area contributed by atoms with Crippen LogP contribution < -0.4 is 10.6 Å². The van der Waals surface area contributed by atoms with Gasteiger partial charge in [0.2, 0.25) is 0 Å². The summed E-state index contributed by atoms with van der Waals surface area (Å²) in [4.78, 5) is 16.2. The van der Waals surface area contributed by atoms with Gasteiger partial charge >= 0.3 is 0 Å². The maximum Gasteiger partial charge on any atom is 0.255 e. The second kappa shape index (κ2) is 7.27. The second-order valence-corrected chi connectivity index (χ2v) is 5.58. The third kappa shape index (κ3) is 4.30. The van der Waals surface area contributed by atoms with Gasteiger partial charge in [0.25, 0.3) is 5.91 Å². The lowest BCUT2D eigenvalue weighted by atomic mass is 10.2. The Morgan fingerprint density at radius 2 is 1.88 bits per heavy atom. The highest BCUT2D eigenvalue weighted by atomic mass is 35.5. The van der Waals surface area contributed by atoms with Crippen LogP contribution in [0.3, 0.4) is 0 Å². The molecule has 0 fully saturated rings. The molecule has 3 rings (SSSR count). The Labute approximate surface area is 147 Å². The van der Waals surface area contributed by atoms with E-state index in [1.165, 1.54) is 12.3 Å². The van der Waals surface area contributed by atoms with E-state index in [9.17, 15) is 13.6 Å². The highest BCUT2D eigenvalue weighted by Crippen LogP contribution is 2.20. The van der Waals surface area contributed by atoms with E-state index in [1.807, 2.05) is 0 Å².